The number of hydrogen-bond acceptors (Lipinski definition) is 5. The van der Waals surface area contributed by atoms with E-state index in [1.54, 1.807) is 19.2 Å². The number of pyridine rings is 1. The van der Waals surface area contributed by atoms with Gasteiger partial charge < -0.3 is 24.0 Å². The molecule has 2 aromatic heterocycles. The minimum atomic E-state index is -0.133. The second-order valence-electron chi connectivity index (χ2n) is 8.17. The lowest BCUT2D eigenvalue weighted by Crippen LogP contribution is -2.49. The van der Waals surface area contributed by atoms with Crippen LogP contribution in [0.2, 0.25) is 5.02 Å². The lowest BCUT2D eigenvalue weighted by Gasteiger charge is -2.36. The highest BCUT2D eigenvalue weighted by Gasteiger charge is 2.34. The Morgan fingerprint density at radius 3 is 2.68 bits per heavy atom. The Kier molecular flexibility index (Phi) is 5.24. The van der Waals surface area contributed by atoms with Gasteiger partial charge in [-0.05, 0) is 36.6 Å². The van der Waals surface area contributed by atoms with E-state index >= 15 is 0 Å². The first kappa shape index (κ1) is 20.2. The molecule has 7 nitrogen and oxygen atoms in total. The maximum absolute atomic E-state index is 12.3. The molecule has 5 rings (SSSR count). The molecule has 1 saturated heterocycles. The predicted octanol–water partition coefficient (Wildman–Crippen LogP) is 3.21. The summed E-state index contributed by atoms with van der Waals surface area (Å²) >= 11 is 6.32. The number of carbonyl (C=O) groups is 1. The molecule has 3 aromatic rings. The number of hydrogen-bond donors (Lipinski definition) is 1. The molecule has 1 aliphatic heterocycles. The van der Waals surface area contributed by atoms with Crippen LogP contribution >= 0.6 is 11.6 Å². The van der Waals surface area contributed by atoms with Crippen LogP contribution in [0.4, 0.5) is 5.69 Å². The summed E-state index contributed by atoms with van der Waals surface area (Å²) in [5.41, 5.74) is 4.15. The third-order valence-electron chi connectivity index (χ3n) is 6.15. The van der Waals surface area contributed by atoms with Crippen molar-refractivity contribution in [1.29, 1.82) is 0 Å². The van der Waals surface area contributed by atoms with E-state index in [1.807, 2.05) is 21.7 Å². The minimum Gasteiger partial charge on any atom is -0.495 e. The molecule has 162 valence electrons. The number of fused-ring (bicyclic) bond motifs is 1. The Morgan fingerprint density at radius 2 is 2.00 bits per heavy atom. The number of aliphatic hydroxyl groups is 1. The van der Waals surface area contributed by atoms with Crippen molar-refractivity contribution in [1.82, 2.24) is 14.3 Å². The van der Waals surface area contributed by atoms with Crippen LogP contribution in [0.5, 0.6) is 5.75 Å². The highest BCUT2D eigenvalue weighted by Crippen LogP contribution is 2.34. The minimum absolute atomic E-state index is 0.133. The average Bonchev–Trinajstić information content (AvgIpc) is 3.56. The molecule has 2 fully saturated rings. The highest BCUT2D eigenvalue weighted by molar-refractivity contribution is 6.32. The van der Waals surface area contributed by atoms with Crippen molar-refractivity contribution in [3.05, 3.63) is 47.2 Å². The fourth-order valence-corrected chi connectivity index (χ4v) is 4.43. The van der Waals surface area contributed by atoms with E-state index < -0.39 is 0 Å². The lowest BCUT2D eigenvalue weighted by atomic mass is 10.1. The van der Waals surface area contributed by atoms with Crippen LogP contribution in [0.1, 0.15) is 18.4 Å². The molecule has 0 radical (unpaired) electrons. The highest BCUT2D eigenvalue weighted by atomic mass is 35.5. The van der Waals surface area contributed by atoms with Gasteiger partial charge in [0, 0.05) is 61.8 Å². The Labute approximate surface area is 185 Å². The number of benzene rings is 1. The number of rotatable bonds is 5. The van der Waals surface area contributed by atoms with Gasteiger partial charge in [0.05, 0.1) is 24.4 Å². The van der Waals surface area contributed by atoms with Crippen LogP contribution in [-0.2, 0) is 11.4 Å². The molecule has 8 heteroatoms. The van der Waals surface area contributed by atoms with Gasteiger partial charge in [0.15, 0.2) is 0 Å². The van der Waals surface area contributed by atoms with Crippen molar-refractivity contribution >= 4 is 28.8 Å². The molecule has 2 aliphatic rings. The van der Waals surface area contributed by atoms with Crippen LogP contribution in [0.25, 0.3) is 16.9 Å². The maximum atomic E-state index is 12.3. The van der Waals surface area contributed by atoms with Gasteiger partial charge in [0.2, 0.25) is 5.91 Å². The summed E-state index contributed by atoms with van der Waals surface area (Å²) < 4.78 is 7.22. The number of nitrogens with zero attached hydrogens (tertiary/aromatic N) is 4. The molecule has 1 aliphatic carbocycles. The van der Waals surface area contributed by atoms with Crippen LogP contribution in [0, 0.1) is 5.92 Å². The first-order valence-corrected chi connectivity index (χ1v) is 11.0. The van der Waals surface area contributed by atoms with Crippen molar-refractivity contribution in [2.45, 2.75) is 19.4 Å². The summed E-state index contributed by atoms with van der Waals surface area (Å²) in [6, 6.07) is 7.66. The molecule has 1 N–H and O–H groups in total. The third-order valence-corrected chi connectivity index (χ3v) is 6.45. The number of halogens is 1. The van der Waals surface area contributed by atoms with Crippen LogP contribution < -0.4 is 9.64 Å². The number of ether oxygens (including phenoxy) is 1. The van der Waals surface area contributed by atoms with E-state index in [0.717, 1.165) is 61.6 Å². The Hall–Kier alpha value is -2.77. The first-order chi connectivity index (χ1) is 15.1. The molecule has 0 unspecified atom stereocenters. The number of piperazine rings is 1. The zero-order chi connectivity index (χ0) is 21.5. The average molecular weight is 441 g/mol. The molecule has 0 bridgehead atoms. The van der Waals surface area contributed by atoms with Gasteiger partial charge in [-0.2, -0.15) is 0 Å². The second kappa shape index (κ2) is 8.05. The summed E-state index contributed by atoms with van der Waals surface area (Å²) in [5, 5.41) is 10.3. The largest absolute Gasteiger partial charge is 0.495 e. The van der Waals surface area contributed by atoms with Crippen LogP contribution in [-0.4, -0.2) is 58.6 Å². The lowest BCUT2D eigenvalue weighted by molar-refractivity contribution is -0.132. The van der Waals surface area contributed by atoms with E-state index in [1.165, 1.54) is 0 Å². The first-order valence-electron chi connectivity index (χ1n) is 10.6. The maximum Gasteiger partial charge on any atom is 0.225 e. The van der Waals surface area contributed by atoms with Gasteiger partial charge in [-0.1, -0.05) is 11.6 Å². The molecule has 1 amide bonds. The zero-order valence-electron chi connectivity index (χ0n) is 17.4. The van der Waals surface area contributed by atoms with Crippen molar-refractivity contribution in [3.8, 4) is 17.0 Å². The smallest absolute Gasteiger partial charge is 0.225 e. The Morgan fingerprint density at radius 1 is 1.23 bits per heavy atom. The predicted molar refractivity (Wildman–Crippen MR) is 120 cm³/mol. The van der Waals surface area contributed by atoms with Crippen molar-refractivity contribution in [2.75, 3.05) is 38.2 Å². The Bertz CT molecular complexity index is 1130. The SMILES string of the molecule is COc1cc(CO)c(-c2cn3ccc(N4CCN(C(=O)C5CC5)CC4)cc3n2)cc1Cl. The molecular weight excluding hydrogens is 416 g/mol. The fraction of sp³-hybridized carbons (Fsp3) is 0.391. The van der Waals surface area contributed by atoms with E-state index in [2.05, 4.69) is 17.0 Å². The van der Waals surface area contributed by atoms with E-state index in [-0.39, 0.29) is 12.5 Å². The molecular formula is C23H25ClN4O3. The van der Waals surface area contributed by atoms with Gasteiger partial charge in [0.1, 0.15) is 11.4 Å². The van der Waals surface area contributed by atoms with Crippen molar-refractivity contribution in [3.63, 3.8) is 0 Å². The van der Waals surface area contributed by atoms with E-state index in [0.29, 0.717) is 22.2 Å². The monoisotopic (exact) mass is 440 g/mol. The number of carbonyl (C=O) groups excluding carboxylic acids is 1. The molecule has 31 heavy (non-hydrogen) atoms. The third kappa shape index (κ3) is 3.83. The molecule has 1 saturated carbocycles. The fourth-order valence-electron chi connectivity index (χ4n) is 4.19. The summed E-state index contributed by atoms with van der Waals surface area (Å²) in [4.78, 5) is 21.4. The van der Waals surface area contributed by atoms with Crippen LogP contribution in [0.15, 0.2) is 36.7 Å². The van der Waals surface area contributed by atoms with E-state index in [4.69, 9.17) is 21.3 Å². The number of methoxy groups -OCH3 is 1. The Balaban J connectivity index is 1.39. The van der Waals surface area contributed by atoms with Gasteiger partial charge >= 0.3 is 0 Å². The summed E-state index contributed by atoms with van der Waals surface area (Å²) in [5.74, 6) is 1.13. The zero-order valence-corrected chi connectivity index (χ0v) is 18.2. The van der Waals surface area contributed by atoms with E-state index in [9.17, 15) is 9.90 Å². The van der Waals surface area contributed by atoms with Gasteiger partial charge in [-0.15, -0.1) is 0 Å². The quantitative estimate of drug-likeness (QED) is 0.659. The number of anilines is 1. The standard InChI is InChI=1S/C23H25ClN4O3/c1-31-21-10-16(14-29)18(12-19(21)24)20-13-28-5-4-17(11-22(28)25-20)26-6-8-27(9-7-26)23(30)15-2-3-15/h4-5,10-13,15,29H,2-3,6-9,14H2,1H3. The molecule has 3 heterocycles. The van der Waals surface area contributed by atoms with Crippen molar-refractivity contribution in [2.24, 2.45) is 5.92 Å². The van der Waals surface area contributed by atoms with Gasteiger partial charge in [-0.3, -0.25) is 4.79 Å². The summed E-state index contributed by atoms with van der Waals surface area (Å²) in [6.45, 7) is 3.05. The van der Waals surface area contributed by atoms with Crippen LogP contribution in [0.3, 0.4) is 0 Å². The van der Waals surface area contributed by atoms with Gasteiger partial charge in [0.25, 0.3) is 0 Å². The molecule has 0 spiro atoms. The topological polar surface area (TPSA) is 70.3 Å². The number of aromatic nitrogens is 2. The number of aliphatic hydroxyl groups excluding tert-OH is 1. The summed E-state index contributed by atoms with van der Waals surface area (Å²) in [6.07, 6.45) is 6.03. The molecule has 1 aromatic carbocycles. The molecule has 0 atom stereocenters. The van der Waals surface area contributed by atoms with Crippen molar-refractivity contribution < 1.29 is 14.6 Å². The van der Waals surface area contributed by atoms with Gasteiger partial charge in [-0.25, -0.2) is 4.98 Å². The second-order valence-corrected chi connectivity index (χ2v) is 8.57. The number of amides is 1. The normalized spacial score (nSPS) is 16.7. The summed E-state index contributed by atoms with van der Waals surface area (Å²) in [7, 11) is 1.55. The number of imidazole rings is 1.